The minimum absolute atomic E-state index is 0.576. The third-order valence-electron chi connectivity index (χ3n) is 12.3. The highest BCUT2D eigenvalue weighted by Crippen LogP contribution is 2.32. The van der Waals surface area contributed by atoms with Crippen LogP contribution in [0.4, 0.5) is 0 Å². The average Bonchev–Trinajstić information content (AvgIpc) is 3.03. The van der Waals surface area contributed by atoms with Gasteiger partial charge < -0.3 is 35.7 Å². The Bertz CT molecular complexity index is 1190. The number of hydrogen-bond acceptors (Lipinski definition) is 7. The van der Waals surface area contributed by atoms with Gasteiger partial charge in [-0.1, -0.05) is 41.0 Å². The van der Waals surface area contributed by atoms with E-state index in [-0.39, 0.29) is 0 Å². The van der Waals surface area contributed by atoms with Crippen molar-refractivity contribution in [3.05, 3.63) is 47.6 Å². The van der Waals surface area contributed by atoms with Crippen molar-refractivity contribution in [1.82, 2.24) is 0 Å². The highest BCUT2D eigenvalue weighted by atomic mass is 16.3. The van der Waals surface area contributed by atoms with Crippen molar-refractivity contribution in [2.24, 2.45) is 0 Å². The first-order chi connectivity index (χ1) is 26.0. The Morgan fingerprint density at radius 1 is 0.368 bits per heavy atom. The lowest BCUT2D eigenvalue weighted by molar-refractivity contribution is -0.00729. The van der Waals surface area contributed by atoms with Gasteiger partial charge in [0, 0.05) is 0 Å². The van der Waals surface area contributed by atoms with E-state index in [1.165, 1.54) is 16.7 Å². The molecule has 0 heterocycles. The summed E-state index contributed by atoms with van der Waals surface area (Å²) in [5, 5.41) is 75.9. The zero-order chi connectivity index (χ0) is 44.0. The van der Waals surface area contributed by atoms with Crippen molar-refractivity contribution >= 4 is 0 Å². The summed E-state index contributed by atoms with van der Waals surface area (Å²) >= 11 is 0. The summed E-state index contributed by atoms with van der Waals surface area (Å²) in [6, 6.07) is 0. The molecule has 0 bridgehead atoms. The van der Waals surface area contributed by atoms with E-state index in [1.54, 1.807) is 13.0 Å². The van der Waals surface area contributed by atoms with E-state index in [0.29, 0.717) is 96.3 Å². The second kappa shape index (κ2) is 26.1. The van der Waals surface area contributed by atoms with Gasteiger partial charge in [-0.05, 0) is 230 Å². The molecule has 0 spiro atoms. The van der Waals surface area contributed by atoms with Crippen molar-refractivity contribution in [1.29, 1.82) is 0 Å². The van der Waals surface area contributed by atoms with Crippen molar-refractivity contribution < 1.29 is 35.7 Å². The Morgan fingerprint density at radius 2 is 0.649 bits per heavy atom. The molecular formula is C50H94O7. The quantitative estimate of drug-likeness (QED) is 0.0321. The van der Waals surface area contributed by atoms with E-state index in [4.69, 9.17) is 0 Å². The molecule has 336 valence electrons. The molecule has 0 aromatic heterocycles. The fourth-order valence-corrected chi connectivity index (χ4v) is 7.88. The van der Waals surface area contributed by atoms with Gasteiger partial charge in [-0.3, -0.25) is 0 Å². The smallest absolute Gasteiger partial charge is 0.0800 e. The van der Waals surface area contributed by atoms with Crippen LogP contribution in [-0.2, 0) is 0 Å². The normalized spacial score (nSPS) is 20.2. The summed E-state index contributed by atoms with van der Waals surface area (Å²) in [6.07, 6.45) is 25.6. The summed E-state index contributed by atoms with van der Waals surface area (Å²) in [7, 11) is 0. The maximum atomic E-state index is 11.1. The predicted molar refractivity (Wildman–Crippen MR) is 242 cm³/mol. The van der Waals surface area contributed by atoms with Gasteiger partial charge in [0.15, 0.2) is 0 Å². The first-order valence-electron chi connectivity index (χ1n) is 22.7. The third kappa shape index (κ3) is 32.2. The van der Waals surface area contributed by atoms with Crippen molar-refractivity contribution in [3.63, 3.8) is 0 Å². The van der Waals surface area contributed by atoms with Crippen molar-refractivity contribution in [2.75, 3.05) is 0 Å². The molecule has 7 unspecified atom stereocenters. The Morgan fingerprint density at radius 3 is 0.982 bits per heavy atom. The molecule has 0 saturated heterocycles. The Kier molecular flexibility index (Phi) is 25.5. The Labute approximate surface area is 351 Å². The average molecular weight is 807 g/mol. The molecule has 0 aliphatic heterocycles. The van der Waals surface area contributed by atoms with Crippen LogP contribution in [0.2, 0.25) is 0 Å². The van der Waals surface area contributed by atoms with Gasteiger partial charge in [-0.15, -0.1) is 6.58 Å². The van der Waals surface area contributed by atoms with Gasteiger partial charge in [0.1, 0.15) is 0 Å². The van der Waals surface area contributed by atoms with E-state index in [1.807, 2.05) is 41.5 Å². The molecule has 0 aromatic rings. The fraction of sp³-hybridized carbons (Fsp3) is 0.840. The van der Waals surface area contributed by atoms with Gasteiger partial charge in [-0.25, -0.2) is 0 Å². The number of allylic oxidation sites excluding steroid dienone is 6. The van der Waals surface area contributed by atoms with Gasteiger partial charge >= 0.3 is 0 Å². The zero-order valence-corrected chi connectivity index (χ0v) is 39.1. The molecule has 0 radical (unpaired) electrons. The maximum absolute atomic E-state index is 11.1. The van der Waals surface area contributed by atoms with Crippen LogP contribution in [0.1, 0.15) is 230 Å². The molecule has 0 aliphatic carbocycles. The second-order valence-electron chi connectivity index (χ2n) is 20.7. The van der Waals surface area contributed by atoms with Crippen LogP contribution in [0, 0.1) is 0 Å². The van der Waals surface area contributed by atoms with Crippen LogP contribution < -0.4 is 0 Å². The van der Waals surface area contributed by atoms with Crippen LogP contribution in [0.5, 0.6) is 0 Å². The van der Waals surface area contributed by atoms with Gasteiger partial charge in [0.2, 0.25) is 0 Å². The molecule has 7 atom stereocenters. The monoisotopic (exact) mass is 807 g/mol. The lowest BCUT2D eigenvalue weighted by Crippen LogP contribution is -2.31. The van der Waals surface area contributed by atoms with Crippen LogP contribution in [0.15, 0.2) is 47.6 Å². The standard InChI is InChI=1S/C50H94O7/c1-13-44(6,51)28-16-26-42(4)24-14-25-43(5)27-17-30-46(8,53)32-19-34-48(10,55)36-21-38-50(12,57)40-22-39-49(11,56)37-20-35-47(9,54)33-18-31-45(7,52)29-15-23-41(2)3/h13,23,25-26,51-57H,1,14-22,24,27-40H2,2-12H3/b42-26+,43-25+. The van der Waals surface area contributed by atoms with Crippen molar-refractivity contribution in [3.8, 4) is 0 Å². The Balaban J connectivity index is 4.38. The molecule has 0 saturated carbocycles. The Hall–Kier alpha value is -1.32. The highest BCUT2D eigenvalue weighted by molar-refractivity contribution is 5.05. The first-order valence-corrected chi connectivity index (χ1v) is 22.7. The number of aliphatic hydroxyl groups is 7. The van der Waals surface area contributed by atoms with Crippen LogP contribution in [-0.4, -0.2) is 75.0 Å². The minimum atomic E-state index is -0.872. The van der Waals surface area contributed by atoms with Crippen LogP contribution >= 0.6 is 0 Å². The zero-order valence-electron chi connectivity index (χ0n) is 39.1. The topological polar surface area (TPSA) is 142 Å². The van der Waals surface area contributed by atoms with Crippen LogP contribution in [0.25, 0.3) is 0 Å². The third-order valence-corrected chi connectivity index (χ3v) is 12.3. The van der Waals surface area contributed by atoms with E-state index >= 15 is 0 Å². The van der Waals surface area contributed by atoms with Gasteiger partial charge in [0.25, 0.3) is 0 Å². The maximum Gasteiger partial charge on any atom is 0.0800 e. The van der Waals surface area contributed by atoms with Crippen LogP contribution in [0.3, 0.4) is 0 Å². The first kappa shape index (κ1) is 55.7. The second-order valence-corrected chi connectivity index (χ2v) is 20.7. The largest absolute Gasteiger partial charge is 0.390 e. The highest BCUT2D eigenvalue weighted by Gasteiger charge is 2.29. The molecule has 7 nitrogen and oxygen atoms in total. The molecule has 0 aliphatic rings. The molecular weight excluding hydrogens is 713 g/mol. The summed E-state index contributed by atoms with van der Waals surface area (Å²) < 4.78 is 0. The molecule has 7 heteroatoms. The summed E-state index contributed by atoms with van der Waals surface area (Å²) in [4.78, 5) is 0. The predicted octanol–water partition coefficient (Wildman–Crippen LogP) is 11.7. The molecule has 0 fully saturated rings. The number of rotatable bonds is 34. The van der Waals surface area contributed by atoms with E-state index in [9.17, 15) is 35.7 Å². The number of hydrogen-bond donors (Lipinski definition) is 7. The van der Waals surface area contributed by atoms with E-state index in [2.05, 4.69) is 52.5 Å². The van der Waals surface area contributed by atoms with Gasteiger partial charge in [0.05, 0.1) is 39.2 Å². The van der Waals surface area contributed by atoms with Gasteiger partial charge in [-0.2, -0.15) is 0 Å². The van der Waals surface area contributed by atoms with E-state index < -0.39 is 39.2 Å². The summed E-state index contributed by atoms with van der Waals surface area (Å²) in [5.74, 6) is 0. The summed E-state index contributed by atoms with van der Waals surface area (Å²) in [6.45, 7) is 25.1. The summed E-state index contributed by atoms with van der Waals surface area (Å²) in [5.41, 5.74) is -1.79. The fourth-order valence-electron chi connectivity index (χ4n) is 7.88. The van der Waals surface area contributed by atoms with E-state index in [0.717, 1.165) is 57.8 Å². The molecule has 7 N–H and O–H groups in total. The lowest BCUT2D eigenvalue weighted by atomic mass is 9.83. The lowest BCUT2D eigenvalue weighted by Gasteiger charge is -2.30. The van der Waals surface area contributed by atoms with Crippen molar-refractivity contribution in [2.45, 2.75) is 269 Å². The molecule has 0 aromatic carbocycles. The molecule has 0 rings (SSSR count). The molecule has 57 heavy (non-hydrogen) atoms. The SMILES string of the molecule is C=CC(C)(O)CC/C=C(\C)CC/C=C(\C)CCCC(C)(O)CCCC(C)(O)CCCC(C)(O)CCCC(C)(O)CCCC(C)(O)CCCC(C)(O)CCC=C(C)C. The molecule has 0 amide bonds. The minimum Gasteiger partial charge on any atom is -0.390 e.